The first kappa shape index (κ1) is 15.3. The zero-order valence-electron chi connectivity index (χ0n) is 13.1. The molecule has 1 saturated heterocycles. The SMILES string of the molecule is N#Cc1cccc(C(=O)N2CCCCC2CCn2ccnc2)c1. The minimum atomic E-state index is 0.0393. The average Bonchev–Trinajstić information content (AvgIpc) is 3.13. The molecule has 1 aliphatic heterocycles. The van der Waals surface area contributed by atoms with Crippen molar-refractivity contribution < 1.29 is 4.79 Å². The molecule has 1 aromatic heterocycles. The predicted octanol–water partition coefficient (Wildman–Crippen LogP) is 2.84. The monoisotopic (exact) mass is 308 g/mol. The molecular weight excluding hydrogens is 288 g/mol. The maximum Gasteiger partial charge on any atom is 0.254 e. The van der Waals surface area contributed by atoms with Gasteiger partial charge in [-0.2, -0.15) is 5.26 Å². The van der Waals surface area contributed by atoms with Crippen LogP contribution in [0.15, 0.2) is 43.0 Å². The van der Waals surface area contributed by atoms with Crippen LogP contribution >= 0.6 is 0 Å². The second-order valence-corrected chi connectivity index (χ2v) is 5.93. The van der Waals surface area contributed by atoms with E-state index >= 15 is 0 Å². The van der Waals surface area contributed by atoms with E-state index in [0.717, 1.165) is 38.8 Å². The Balaban J connectivity index is 1.72. The van der Waals surface area contributed by atoms with Crippen LogP contribution in [0.1, 0.15) is 41.6 Å². The van der Waals surface area contributed by atoms with E-state index in [1.807, 2.05) is 22.0 Å². The van der Waals surface area contributed by atoms with Gasteiger partial charge in [0.2, 0.25) is 0 Å². The van der Waals surface area contributed by atoms with Crippen molar-refractivity contribution in [2.75, 3.05) is 6.54 Å². The lowest BCUT2D eigenvalue weighted by atomic mass is 9.97. The molecule has 23 heavy (non-hydrogen) atoms. The number of hydrogen-bond donors (Lipinski definition) is 0. The summed E-state index contributed by atoms with van der Waals surface area (Å²) in [5, 5.41) is 9.01. The zero-order chi connectivity index (χ0) is 16.1. The number of hydrogen-bond acceptors (Lipinski definition) is 3. The van der Waals surface area contributed by atoms with Gasteiger partial charge < -0.3 is 9.47 Å². The molecule has 1 aromatic carbocycles. The van der Waals surface area contributed by atoms with Crippen molar-refractivity contribution in [3.8, 4) is 6.07 Å². The Morgan fingerprint density at radius 1 is 1.39 bits per heavy atom. The van der Waals surface area contributed by atoms with Crippen LogP contribution in [0.5, 0.6) is 0 Å². The van der Waals surface area contributed by atoms with E-state index < -0.39 is 0 Å². The largest absolute Gasteiger partial charge is 0.337 e. The lowest BCUT2D eigenvalue weighted by Crippen LogP contribution is -2.44. The second-order valence-electron chi connectivity index (χ2n) is 5.93. The number of benzene rings is 1. The minimum absolute atomic E-state index is 0.0393. The molecule has 0 aliphatic carbocycles. The third kappa shape index (κ3) is 3.59. The van der Waals surface area contributed by atoms with E-state index in [9.17, 15) is 4.79 Å². The number of amides is 1. The van der Waals surface area contributed by atoms with Gasteiger partial charge in [0.05, 0.1) is 18.0 Å². The number of carbonyl (C=O) groups is 1. The maximum absolute atomic E-state index is 12.8. The molecule has 1 atom stereocenters. The summed E-state index contributed by atoms with van der Waals surface area (Å²) in [5.74, 6) is 0.0393. The van der Waals surface area contributed by atoms with Crippen LogP contribution in [0, 0.1) is 11.3 Å². The lowest BCUT2D eigenvalue weighted by Gasteiger charge is -2.36. The first-order valence-corrected chi connectivity index (χ1v) is 8.05. The Morgan fingerprint density at radius 2 is 2.30 bits per heavy atom. The van der Waals surface area contributed by atoms with Crippen molar-refractivity contribution in [3.05, 3.63) is 54.1 Å². The van der Waals surface area contributed by atoms with Crippen molar-refractivity contribution >= 4 is 5.91 Å². The summed E-state index contributed by atoms with van der Waals surface area (Å²) in [6.07, 6.45) is 9.72. The quantitative estimate of drug-likeness (QED) is 0.872. The molecular formula is C18H20N4O. The Morgan fingerprint density at radius 3 is 3.09 bits per heavy atom. The van der Waals surface area contributed by atoms with E-state index in [1.165, 1.54) is 0 Å². The summed E-state index contributed by atoms with van der Waals surface area (Å²) in [5.41, 5.74) is 1.14. The molecule has 0 N–H and O–H groups in total. The van der Waals surface area contributed by atoms with E-state index in [-0.39, 0.29) is 11.9 Å². The molecule has 0 bridgehead atoms. The van der Waals surface area contributed by atoms with Crippen LogP contribution < -0.4 is 0 Å². The molecule has 1 amide bonds. The molecule has 5 nitrogen and oxygen atoms in total. The molecule has 1 fully saturated rings. The van der Waals surface area contributed by atoms with E-state index in [2.05, 4.69) is 11.1 Å². The first-order valence-electron chi connectivity index (χ1n) is 8.05. The molecule has 1 unspecified atom stereocenters. The maximum atomic E-state index is 12.8. The Hall–Kier alpha value is -2.61. The van der Waals surface area contributed by atoms with Crippen molar-refractivity contribution in [2.24, 2.45) is 0 Å². The number of piperidine rings is 1. The summed E-state index contributed by atoms with van der Waals surface area (Å²) in [6.45, 7) is 1.66. The van der Waals surface area contributed by atoms with E-state index in [0.29, 0.717) is 11.1 Å². The van der Waals surface area contributed by atoms with Gasteiger partial charge in [0.25, 0.3) is 5.91 Å². The Labute approximate surface area is 136 Å². The number of rotatable bonds is 4. The third-order valence-electron chi connectivity index (χ3n) is 4.41. The van der Waals surface area contributed by atoms with Gasteiger partial charge in [0, 0.05) is 37.1 Å². The summed E-state index contributed by atoms with van der Waals surface area (Å²) < 4.78 is 2.05. The van der Waals surface area contributed by atoms with Gasteiger partial charge in [-0.1, -0.05) is 6.07 Å². The summed E-state index contributed by atoms with van der Waals surface area (Å²) in [4.78, 5) is 18.9. The van der Waals surface area contributed by atoms with Gasteiger partial charge in [-0.3, -0.25) is 4.79 Å². The average molecular weight is 308 g/mol. The molecule has 118 valence electrons. The van der Waals surface area contributed by atoms with Crippen LogP contribution in [-0.4, -0.2) is 32.9 Å². The zero-order valence-corrected chi connectivity index (χ0v) is 13.1. The van der Waals surface area contributed by atoms with Crippen molar-refractivity contribution in [1.82, 2.24) is 14.5 Å². The molecule has 2 aromatic rings. The molecule has 0 saturated carbocycles. The van der Waals surface area contributed by atoms with Crippen molar-refractivity contribution in [2.45, 2.75) is 38.3 Å². The fourth-order valence-corrected chi connectivity index (χ4v) is 3.17. The standard InChI is InChI=1S/C18H20N4O/c19-13-15-4-3-5-16(12-15)18(23)22-9-2-1-6-17(22)7-10-21-11-8-20-14-21/h3-5,8,11-12,14,17H,1-2,6-7,9-10H2. The summed E-state index contributed by atoms with van der Waals surface area (Å²) in [7, 11) is 0. The summed E-state index contributed by atoms with van der Waals surface area (Å²) in [6, 6.07) is 9.33. The first-order chi connectivity index (χ1) is 11.3. The van der Waals surface area contributed by atoms with Gasteiger partial charge in [-0.25, -0.2) is 4.98 Å². The second kappa shape index (κ2) is 7.10. The molecule has 0 spiro atoms. The fourth-order valence-electron chi connectivity index (χ4n) is 3.17. The topological polar surface area (TPSA) is 61.9 Å². The van der Waals surface area contributed by atoms with Crippen LogP contribution in [-0.2, 0) is 6.54 Å². The van der Waals surface area contributed by atoms with Gasteiger partial charge in [0.15, 0.2) is 0 Å². The van der Waals surface area contributed by atoms with Crippen LogP contribution in [0.3, 0.4) is 0 Å². The smallest absolute Gasteiger partial charge is 0.254 e. The van der Waals surface area contributed by atoms with E-state index in [4.69, 9.17) is 5.26 Å². The van der Waals surface area contributed by atoms with Gasteiger partial charge in [-0.15, -0.1) is 0 Å². The van der Waals surface area contributed by atoms with Crippen molar-refractivity contribution in [1.29, 1.82) is 5.26 Å². The highest BCUT2D eigenvalue weighted by atomic mass is 16.2. The molecule has 1 aliphatic rings. The number of likely N-dealkylation sites (tertiary alicyclic amines) is 1. The highest BCUT2D eigenvalue weighted by Gasteiger charge is 2.27. The Bertz CT molecular complexity index is 702. The highest BCUT2D eigenvalue weighted by molar-refractivity contribution is 5.94. The number of nitriles is 1. The molecule has 3 rings (SSSR count). The third-order valence-corrected chi connectivity index (χ3v) is 4.41. The van der Waals surface area contributed by atoms with Crippen LogP contribution in [0.25, 0.3) is 0 Å². The number of carbonyl (C=O) groups excluding carboxylic acids is 1. The summed E-state index contributed by atoms with van der Waals surface area (Å²) >= 11 is 0. The Kier molecular flexibility index (Phi) is 4.72. The lowest BCUT2D eigenvalue weighted by molar-refractivity contribution is 0.0595. The van der Waals surface area contributed by atoms with E-state index in [1.54, 1.807) is 30.5 Å². The highest BCUT2D eigenvalue weighted by Crippen LogP contribution is 2.23. The fraction of sp³-hybridized carbons (Fsp3) is 0.389. The number of aromatic nitrogens is 2. The van der Waals surface area contributed by atoms with Crippen molar-refractivity contribution in [3.63, 3.8) is 0 Å². The normalized spacial score (nSPS) is 17.7. The van der Waals surface area contributed by atoms with Gasteiger partial charge >= 0.3 is 0 Å². The minimum Gasteiger partial charge on any atom is -0.337 e. The van der Waals surface area contributed by atoms with Crippen LogP contribution in [0.2, 0.25) is 0 Å². The van der Waals surface area contributed by atoms with Crippen LogP contribution in [0.4, 0.5) is 0 Å². The van der Waals surface area contributed by atoms with Gasteiger partial charge in [-0.05, 0) is 43.9 Å². The number of aryl methyl sites for hydroxylation is 1. The number of nitrogens with zero attached hydrogens (tertiary/aromatic N) is 4. The number of imidazole rings is 1. The molecule has 5 heteroatoms. The van der Waals surface area contributed by atoms with Gasteiger partial charge in [0.1, 0.15) is 0 Å². The molecule has 2 heterocycles. The predicted molar refractivity (Wildman–Crippen MR) is 86.7 cm³/mol. The molecule has 0 radical (unpaired) electrons.